The smallest absolute Gasteiger partial charge is 0.239 e. The van der Waals surface area contributed by atoms with Gasteiger partial charge in [-0.05, 0) is 50.3 Å². The molecule has 1 aromatic carbocycles. The van der Waals surface area contributed by atoms with E-state index in [-0.39, 0.29) is 29.8 Å². The summed E-state index contributed by atoms with van der Waals surface area (Å²) in [6, 6.07) is 7.95. The van der Waals surface area contributed by atoms with Crippen LogP contribution in [0.15, 0.2) is 24.3 Å². The SMILES string of the molecule is CC(NC(=O)C1NNC2CCCCC21)c1ccc(NC(=O)C2CC2)cc1. The molecule has 0 radical (unpaired) electrons. The van der Waals surface area contributed by atoms with E-state index in [0.29, 0.717) is 12.0 Å². The van der Waals surface area contributed by atoms with Crippen molar-refractivity contribution in [3.63, 3.8) is 0 Å². The Morgan fingerprint density at radius 2 is 1.73 bits per heavy atom. The van der Waals surface area contributed by atoms with Gasteiger partial charge in [0, 0.05) is 23.6 Å². The second-order valence-electron chi connectivity index (χ2n) is 7.94. The Bertz CT molecular complexity index is 671. The van der Waals surface area contributed by atoms with Crippen molar-refractivity contribution >= 4 is 17.5 Å². The molecule has 26 heavy (non-hydrogen) atoms. The van der Waals surface area contributed by atoms with Crippen molar-refractivity contribution in [3.05, 3.63) is 29.8 Å². The Labute approximate surface area is 154 Å². The van der Waals surface area contributed by atoms with Crippen LogP contribution in [-0.2, 0) is 9.59 Å². The third kappa shape index (κ3) is 3.76. The van der Waals surface area contributed by atoms with Crippen molar-refractivity contribution in [3.8, 4) is 0 Å². The number of nitrogens with one attached hydrogen (secondary N) is 4. The van der Waals surface area contributed by atoms with Crippen LogP contribution in [0.1, 0.15) is 57.1 Å². The molecule has 0 spiro atoms. The molecule has 1 aliphatic heterocycles. The molecule has 0 bridgehead atoms. The Morgan fingerprint density at radius 1 is 1.00 bits per heavy atom. The van der Waals surface area contributed by atoms with E-state index in [0.717, 1.165) is 36.9 Å². The van der Waals surface area contributed by atoms with E-state index in [2.05, 4.69) is 21.5 Å². The summed E-state index contributed by atoms with van der Waals surface area (Å²) < 4.78 is 0. The molecular weight excluding hydrogens is 328 g/mol. The molecule has 140 valence electrons. The zero-order valence-electron chi connectivity index (χ0n) is 15.3. The molecule has 1 saturated heterocycles. The summed E-state index contributed by atoms with van der Waals surface area (Å²) in [7, 11) is 0. The number of hydrazine groups is 1. The third-order valence-corrected chi connectivity index (χ3v) is 5.94. The van der Waals surface area contributed by atoms with Gasteiger partial charge < -0.3 is 10.6 Å². The van der Waals surface area contributed by atoms with E-state index in [4.69, 9.17) is 0 Å². The topological polar surface area (TPSA) is 82.3 Å². The predicted molar refractivity (Wildman–Crippen MR) is 100 cm³/mol. The van der Waals surface area contributed by atoms with Crippen molar-refractivity contribution in [1.82, 2.24) is 16.2 Å². The third-order valence-electron chi connectivity index (χ3n) is 5.94. The molecule has 4 rings (SSSR count). The van der Waals surface area contributed by atoms with Crippen LogP contribution in [0.5, 0.6) is 0 Å². The number of benzene rings is 1. The van der Waals surface area contributed by atoms with Crippen LogP contribution in [0.3, 0.4) is 0 Å². The number of rotatable bonds is 5. The molecule has 2 amide bonds. The maximum atomic E-state index is 12.7. The maximum absolute atomic E-state index is 12.7. The fourth-order valence-electron chi connectivity index (χ4n) is 4.13. The highest BCUT2D eigenvalue weighted by molar-refractivity contribution is 5.94. The first-order chi connectivity index (χ1) is 12.6. The maximum Gasteiger partial charge on any atom is 0.239 e. The molecule has 1 aromatic rings. The predicted octanol–water partition coefficient (Wildman–Crippen LogP) is 2.25. The second-order valence-corrected chi connectivity index (χ2v) is 7.94. The minimum absolute atomic E-state index is 0.0607. The standard InChI is InChI=1S/C20H28N4O2/c1-12(13-8-10-15(11-9-13)22-19(25)14-6-7-14)21-20(26)18-16-4-2-3-5-17(16)23-24-18/h8-12,14,16-18,23-24H,2-7H2,1H3,(H,21,26)(H,22,25). The van der Waals surface area contributed by atoms with Gasteiger partial charge in [-0.1, -0.05) is 25.0 Å². The van der Waals surface area contributed by atoms with Crippen LogP contribution >= 0.6 is 0 Å². The van der Waals surface area contributed by atoms with Gasteiger partial charge in [0.05, 0.1) is 6.04 Å². The highest BCUT2D eigenvalue weighted by atomic mass is 16.2. The Balaban J connectivity index is 1.33. The quantitative estimate of drug-likeness (QED) is 0.652. The zero-order chi connectivity index (χ0) is 18.1. The molecule has 4 unspecified atom stereocenters. The van der Waals surface area contributed by atoms with Gasteiger partial charge in [0.15, 0.2) is 0 Å². The zero-order valence-corrected chi connectivity index (χ0v) is 15.3. The summed E-state index contributed by atoms with van der Waals surface area (Å²) in [6.07, 6.45) is 6.69. The first-order valence-electron chi connectivity index (χ1n) is 9.84. The number of carbonyl (C=O) groups excluding carboxylic acids is 2. The van der Waals surface area contributed by atoms with Gasteiger partial charge >= 0.3 is 0 Å². The van der Waals surface area contributed by atoms with Gasteiger partial charge in [0.1, 0.15) is 6.04 Å². The van der Waals surface area contributed by atoms with E-state index in [9.17, 15) is 9.59 Å². The lowest BCUT2D eigenvalue weighted by Crippen LogP contribution is -2.46. The van der Waals surface area contributed by atoms with Gasteiger partial charge in [0.25, 0.3) is 0 Å². The van der Waals surface area contributed by atoms with E-state index in [1.807, 2.05) is 31.2 Å². The first-order valence-corrected chi connectivity index (χ1v) is 9.84. The molecule has 1 heterocycles. The van der Waals surface area contributed by atoms with Crippen LogP contribution < -0.4 is 21.5 Å². The molecule has 2 saturated carbocycles. The van der Waals surface area contributed by atoms with E-state index >= 15 is 0 Å². The van der Waals surface area contributed by atoms with Gasteiger partial charge in [-0.2, -0.15) is 0 Å². The average molecular weight is 356 g/mol. The van der Waals surface area contributed by atoms with Crippen LogP contribution in [0, 0.1) is 11.8 Å². The minimum atomic E-state index is -0.153. The largest absolute Gasteiger partial charge is 0.348 e. The van der Waals surface area contributed by atoms with E-state index < -0.39 is 0 Å². The molecule has 4 N–H and O–H groups in total. The highest BCUT2D eigenvalue weighted by Gasteiger charge is 2.41. The molecular formula is C20H28N4O2. The fraction of sp³-hybridized carbons (Fsp3) is 0.600. The molecule has 0 aromatic heterocycles. The lowest BCUT2D eigenvalue weighted by molar-refractivity contribution is -0.124. The monoisotopic (exact) mass is 356 g/mol. The molecule has 2 aliphatic carbocycles. The van der Waals surface area contributed by atoms with Crippen molar-refractivity contribution in [2.75, 3.05) is 5.32 Å². The van der Waals surface area contributed by atoms with Gasteiger partial charge in [-0.15, -0.1) is 0 Å². The number of carbonyl (C=O) groups is 2. The van der Waals surface area contributed by atoms with Crippen molar-refractivity contribution in [2.24, 2.45) is 11.8 Å². The van der Waals surface area contributed by atoms with Crippen molar-refractivity contribution in [1.29, 1.82) is 0 Å². The molecule has 3 aliphatic rings. The molecule has 3 fully saturated rings. The second kappa shape index (κ2) is 7.37. The molecule has 4 atom stereocenters. The molecule has 6 nitrogen and oxygen atoms in total. The van der Waals surface area contributed by atoms with Crippen LogP contribution in [0.25, 0.3) is 0 Å². The summed E-state index contributed by atoms with van der Waals surface area (Å²) in [6.45, 7) is 2.00. The first kappa shape index (κ1) is 17.5. The lowest BCUT2D eigenvalue weighted by Gasteiger charge is -2.27. The normalized spacial score (nSPS) is 28.9. The van der Waals surface area contributed by atoms with Crippen LogP contribution in [0.2, 0.25) is 0 Å². The number of hydrogen-bond donors (Lipinski definition) is 4. The summed E-state index contributed by atoms with van der Waals surface area (Å²) in [5.74, 6) is 0.756. The summed E-state index contributed by atoms with van der Waals surface area (Å²) in [5.41, 5.74) is 8.34. The summed E-state index contributed by atoms with van der Waals surface area (Å²) in [4.78, 5) is 24.5. The van der Waals surface area contributed by atoms with Crippen molar-refractivity contribution < 1.29 is 9.59 Å². The van der Waals surface area contributed by atoms with E-state index in [1.165, 1.54) is 12.8 Å². The summed E-state index contributed by atoms with van der Waals surface area (Å²) in [5, 5.41) is 6.07. The van der Waals surface area contributed by atoms with Gasteiger partial charge in [0.2, 0.25) is 11.8 Å². The number of fused-ring (bicyclic) bond motifs is 1. The average Bonchev–Trinajstić information content (AvgIpc) is 3.41. The van der Waals surface area contributed by atoms with E-state index in [1.54, 1.807) is 0 Å². The number of hydrogen-bond acceptors (Lipinski definition) is 4. The molecule has 6 heteroatoms. The van der Waals surface area contributed by atoms with Crippen LogP contribution in [0.4, 0.5) is 5.69 Å². The highest BCUT2D eigenvalue weighted by Crippen LogP contribution is 2.31. The number of amides is 2. The Hall–Kier alpha value is -1.92. The Morgan fingerprint density at radius 3 is 2.46 bits per heavy atom. The Kier molecular flexibility index (Phi) is 4.96. The fourth-order valence-corrected chi connectivity index (χ4v) is 4.13. The minimum Gasteiger partial charge on any atom is -0.348 e. The number of anilines is 1. The summed E-state index contributed by atoms with van der Waals surface area (Å²) >= 11 is 0. The van der Waals surface area contributed by atoms with Crippen molar-refractivity contribution in [2.45, 2.75) is 63.6 Å². The van der Waals surface area contributed by atoms with Gasteiger partial charge in [-0.3, -0.25) is 15.0 Å². The van der Waals surface area contributed by atoms with Gasteiger partial charge in [-0.25, -0.2) is 5.43 Å². The lowest BCUT2D eigenvalue weighted by atomic mass is 9.81. The van der Waals surface area contributed by atoms with Crippen LogP contribution in [-0.4, -0.2) is 23.9 Å².